The van der Waals surface area contributed by atoms with E-state index in [1.165, 1.54) is 22.9 Å². The summed E-state index contributed by atoms with van der Waals surface area (Å²) < 4.78 is 14.5. The predicted octanol–water partition coefficient (Wildman–Crippen LogP) is 1.12. The zero-order chi connectivity index (χ0) is 19.2. The molecule has 0 aliphatic carbocycles. The van der Waals surface area contributed by atoms with Crippen molar-refractivity contribution in [3.8, 4) is 5.88 Å². The van der Waals surface area contributed by atoms with Gasteiger partial charge in [0.1, 0.15) is 11.4 Å². The number of rotatable bonds is 6. The number of nitrogens with one attached hydrogen (secondary N) is 2. The number of hydrogen-bond acceptors (Lipinski definition) is 6. The number of H-pyrrole nitrogens is 1. The van der Waals surface area contributed by atoms with Gasteiger partial charge in [-0.05, 0) is 29.9 Å². The molecule has 1 aromatic heterocycles. The van der Waals surface area contributed by atoms with Gasteiger partial charge in [-0.15, -0.1) is 0 Å². The summed E-state index contributed by atoms with van der Waals surface area (Å²) in [6, 6.07) is 5.87. The summed E-state index contributed by atoms with van der Waals surface area (Å²) >= 11 is 5.15. The quantitative estimate of drug-likeness (QED) is 0.508. The third kappa shape index (κ3) is 5.09. The first-order valence-corrected chi connectivity index (χ1v) is 9.19. The standard InChI is InChI=1S/C18H22FN5O2S/c19-14-3-1-13(2-4-14)12-24-17(26)15(16(25)22-18(24)27)11-21-7-10-23-8-5-20-6-9-23/h1-4,11,20,26H,5-10,12H2,(H,22,25,27). The molecule has 9 heteroatoms. The second kappa shape index (κ2) is 9.03. The van der Waals surface area contributed by atoms with Crippen LogP contribution in [-0.4, -0.2) is 65.0 Å². The van der Waals surface area contributed by atoms with Crippen LogP contribution in [0.3, 0.4) is 0 Å². The summed E-state index contributed by atoms with van der Waals surface area (Å²) in [5.41, 5.74) is 0.321. The maximum Gasteiger partial charge on any atom is 0.264 e. The molecule has 0 unspecified atom stereocenters. The molecular weight excluding hydrogens is 369 g/mol. The minimum atomic E-state index is -0.487. The van der Waals surface area contributed by atoms with Gasteiger partial charge in [0.2, 0.25) is 5.88 Å². The van der Waals surface area contributed by atoms with Crippen molar-refractivity contribution in [1.82, 2.24) is 19.8 Å². The van der Waals surface area contributed by atoms with Gasteiger partial charge < -0.3 is 10.4 Å². The van der Waals surface area contributed by atoms with Crippen molar-refractivity contribution in [2.75, 3.05) is 39.3 Å². The maximum atomic E-state index is 13.1. The van der Waals surface area contributed by atoms with Gasteiger partial charge in [-0.3, -0.25) is 24.2 Å². The summed E-state index contributed by atoms with van der Waals surface area (Å²) in [5, 5.41) is 13.8. The molecule has 0 saturated carbocycles. The van der Waals surface area contributed by atoms with Crippen LogP contribution in [0.15, 0.2) is 34.1 Å². The molecule has 3 N–H and O–H groups in total. The van der Waals surface area contributed by atoms with Crippen LogP contribution in [0.25, 0.3) is 0 Å². The van der Waals surface area contributed by atoms with E-state index >= 15 is 0 Å². The highest BCUT2D eigenvalue weighted by molar-refractivity contribution is 7.71. The lowest BCUT2D eigenvalue weighted by Gasteiger charge is -2.26. The third-order valence-corrected chi connectivity index (χ3v) is 4.76. The van der Waals surface area contributed by atoms with E-state index in [2.05, 4.69) is 20.2 Å². The summed E-state index contributed by atoms with van der Waals surface area (Å²) in [6.07, 6.45) is 1.38. The lowest BCUT2D eigenvalue weighted by molar-refractivity contribution is 0.248. The van der Waals surface area contributed by atoms with Crippen LogP contribution in [0.4, 0.5) is 4.39 Å². The molecule has 0 amide bonds. The van der Waals surface area contributed by atoms with Crippen LogP contribution in [0.1, 0.15) is 11.1 Å². The number of nitrogens with zero attached hydrogens (tertiary/aromatic N) is 3. The van der Waals surface area contributed by atoms with Crippen molar-refractivity contribution in [2.45, 2.75) is 6.54 Å². The highest BCUT2D eigenvalue weighted by Gasteiger charge is 2.12. The Labute approximate surface area is 161 Å². The van der Waals surface area contributed by atoms with Crippen LogP contribution in [0.2, 0.25) is 0 Å². The normalized spacial score (nSPS) is 15.4. The molecule has 0 bridgehead atoms. The second-order valence-electron chi connectivity index (χ2n) is 6.34. The fourth-order valence-corrected chi connectivity index (χ4v) is 3.14. The number of aromatic amines is 1. The van der Waals surface area contributed by atoms with Crippen molar-refractivity contribution in [2.24, 2.45) is 4.99 Å². The second-order valence-corrected chi connectivity index (χ2v) is 6.72. The molecule has 144 valence electrons. The zero-order valence-electron chi connectivity index (χ0n) is 14.8. The Morgan fingerprint density at radius 1 is 1.26 bits per heavy atom. The number of benzene rings is 1. The fraction of sp³-hybridized carbons (Fsp3) is 0.389. The minimum Gasteiger partial charge on any atom is -0.494 e. The molecule has 2 heterocycles. The van der Waals surface area contributed by atoms with Crippen molar-refractivity contribution < 1.29 is 9.50 Å². The molecule has 7 nitrogen and oxygen atoms in total. The van der Waals surface area contributed by atoms with E-state index in [1.54, 1.807) is 12.1 Å². The zero-order valence-corrected chi connectivity index (χ0v) is 15.6. The monoisotopic (exact) mass is 391 g/mol. The average molecular weight is 391 g/mol. The molecule has 3 rings (SSSR count). The number of aromatic hydroxyl groups is 1. The van der Waals surface area contributed by atoms with E-state index in [-0.39, 0.29) is 28.6 Å². The van der Waals surface area contributed by atoms with E-state index in [4.69, 9.17) is 12.2 Å². The van der Waals surface area contributed by atoms with Gasteiger partial charge in [0, 0.05) is 38.9 Å². The number of hydrogen-bond donors (Lipinski definition) is 3. The van der Waals surface area contributed by atoms with Crippen molar-refractivity contribution in [3.63, 3.8) is 0 Å². The molecule has 1 fully saturated rings. The van der Waals surface area contributed by atoms with Crippen LogP contribution in [-0.2, 0) is 6.54 Å². The Kier molecular flexibility index (Phi) is 6.49. The molecule has 1 saturated heterocycles. The first-order chi connectivity index (χ1) is 13.0. The number of aliphatic imine (C=N–C) groups is 1. The van der Waals surface area contributed by atoms with Gasteiger partial charge >= 0.3 is 0 Å². The van der Waals surface area contributed by atoms with Crippen LogP contribution in [0.5, 0.6) is 5.88 Å². The first-order valence-electron chi connectivity index (χ1n) is 8.78. The summed E-state index contributed by atoms with van der Waals surface area (Å²) in [5.74, 6) is -0.593. The van der Waals surface area contributed by atoms with Gasteiger partial charge in [-0.2, -0.15) is 0 Å². The van der Waals surface area contributed by atoms with Crippen molar-refractivity contribution in [1.29, 1.82) is 0 Å². The lowest BCUT2D eigenvalue weighted by atomic mass is 10.2. The van der Waals surface area contributed by atoms with E-state index in [1.807, 2.05) is 0 Å². The molecule has 0 spiro atoms. The topological polar surface area (TPSA) is 85.6 Å². The summed E-state index contributed by atoms with van der Waals surface area (Å²) in [4.78, 5) is 21.3. The average Bonchev–Trinajstić information content (AvgIpc) is 2.66. The molecule has 1 aliphatic rings. The molecule has 2 aromatic rings. The Hall–Kier alpha value is -2.36. The number of piperazine rings is 1. The Bertz CT molecular complexity index is 917. The SMILES string of the molecule is O=c1[nH]c(=S)n(Cc2ccc(F)cc2)c(O)c1C=NCCN1CCNCC1. The predicted molar refractivity (Wildman–Crippen MR) is 105 cm³/mol. The smallest absolute Gasteiger partial charge is 0.264 e. The Balaban J connectivity index is 1.74. The lowest BCUT2D eigenvalue weighted by Crippen LogP contribution is -2.44. The summed E-state index contributed by atoms with van der Waals surface area (Å²) in [7, 11) is 0. The van der Waals surface area contributed by atoms with Crippen molar-refractivity contribution >= 4 is 18.4 Å². The molecule has 1 aliphatic heterocycles. The van der Waals surface area contributed by atoms with E-state index in [0.717, 1.165) is 38.3 Å². The highest BCUT2D eigenvalue weighted by atomic mass is 32.1. The van der Waals surface area contributed by atoms with E-state index in [0.29, 0.717) is 6.54 Å². The van der Waals surface area contributed by atoms with Crippen LogP contribution >= 0.6 is 12.2 Å². The van der Waals surface area contributed by atoms with E-state index < -0.39 is 5.56 Å². The van der Waals surface area contributed by atoms with Crippen LogP contribution in [0, 0.1) is 10.6 Å². The van der Waals surface area contributed by atoms with Crippen molar-refractivity contribution in [3.05, 3.63) is 56.3 Å². The van der Waals surface area contributed by atoms with Gasteiger partial charge in [-0.25, -0.2) is 4.39 Å². The highest BCUT2D eigenvalue weighted by Crippen LogP contribution is 2.14. The summed E-state index contributed by atoms with van der Waals surface area (Å²) in [6.45, 7) is 5.43. The van der Waals surface area contributed by atoms with Gasteiger partial charge in [0.15, 0.2) is 4.77 Å². The maximum absolute atomic E-state index is 13.1. The first kappa shape index (κ1) is 19.4. The molecule has 1 aromatic carbocycles. The Morgan fingerprint density at radius 2 is 1.96 bits per heavy atom. The van der Waals surface area contributed by atoms with Crippen LogP contribution < -0.4 is 10.9 Å². The number of halogens is 1. The van der Waals surface area contributed by atoms with Gasteiger partial charge in [0.25, 0.3) is 5.56 Å². The Morgan fingerprint density at radius 3 is 2.67 bits per heavy atom. The fourth-order valence-electron chi connectivity index (χ4n) is 2.90. The minimum absolute atomic E-state index is 0.0611. The molecule has 27 heavy (non-hydrogen) atoms. The molecule has 0 radical (unpaired) electrons. The van der Waals surface area contributed by atoms with Gasteiger partial charge in [0.05, 0.1) is 13.1 Å². The molecule has 0 atom stereocenters. The van der Waals surface area contributed by atoms with Gasteiger partial charge in [-0.1, -0.05) is 12.1 Å². The molecular formula is C18H22FN5O2S. The largest absolute Gasteiger partial charge is 0.494 e. The number of aromatic nitrogens is 2. The van der Waals surface area contributed by atoms with E-state index in [9.17, 15) is 14.3 Å². The third-order valence-electron chi connectivity index (χ3n) is 4.44.